The Bertz CT molecular complexity index is 440. The molecule has 0 unspecified atom stereocenters. The van der Waals surface area contributed by atoms with Crippen LogP contribution in [0.3, 0.4) is 0 Å². The molecule has 5 heteroatoms. The minimum atomic E-state index is -0.953. The third kappa shape index (κ3) is 2.98. The molecule has 3 nitrogen and oxygen atoms in total. The lowest BCUT2D eigenvalue weighted by molar-refractivity contribution is -0.136. The van der Waals surface area contributed by atoms with Crippen molar-refractivity contribution in [2.45, 2.75) is 16.6 Å². The van der Waals surface area contributed by atoms with Gasteiger partial charge in [-0.05, 0) is 23.3 Å². The first-order valence-electron chi connectivity index (χ1n) is 4.11. The highest BCUT2D eigenvalue weighted by Crippen LogP contribution is 2.22. The molecule has 1 rings (SSSR count). The molecule has 0 saturated heterocycles. The van der Waals surface area contributed by atoms with Crippen molar-refractivity contribution in [3.8, 4) is 6.07 Å². The van der Waals surface area contributed by atoms with Gasteiger partial charge in [0.25, 0.3) is 0 Å². The zero-order chi connectivity index (χ0) is 11.4. The van der Waals surface area contributed by atoms with Crippen LogP contribution in [0.15, 0.2) is 17.0 Å². The molecule has 0 aliphatic rings. The molecular weight excluding hydrogens is 278 g/mol. The van der Waals surface area contributed by atoms with E-state index in [4.69, 9.17) is 10.4 Å². The number of nitrogens with zero attached hydrogens (tertiary/aromatic N) is 1. The van der Waals surface area contributed by atoms with E-state index in [1.807, 2.05) is 6.07 Å². The number of carbonyl (C=O) groups is 1. The van der Waals surface area contributed by atoms with Gasteiger partial charge >= 0.3 is 5.97 Å². The Balaban J connectivity index is 3.30. The van der Waals surface area contributed by atoms with E-state index in [0.717, 1.165) is 5.56 Å². The van der Waals surface area contributed by atoms with Crippen LogP contribution in [0.4, 0.5) is 0 Å². The molecule has 0 aromatic heterocycles. The maximum Gasteiger partial charge on any atom is 0.307 e. The van der Waals surface area contributed by atoms with Gasteiger partial charge in [-0.15, -0.1) is 12.6 Å². The van der Waals surface area contributed by atoms with E-state index in [1.54, 1.807) is 12.1 Å². The fourth-order valence-electron chi connectivity index (χ4n) is 1.30. The number of rotatable bonds is 3. The second-order valence-corrected chi connectivity index (χ2v) is 4.03. The third-order valence-electron chi connectivity index (χ3n) is 1.88. The maximum absolute atomic E-state index is 10.6. The Morgan fingerprint density at radius 3 is 2.60 bits per heavy atom. The van der Waals surface area contributed by atoms with Gasteiger partial charge in [0.2, 0.25) is 0 Å². The van der Waals surface area contributed by atoms with E-state index in [0.29, 0.717) is 21.4 Å². The molecular formula is C10H8BrNO2S. The van der Waals surface area contributed by atoms with E-state index in [1.165, 1.54) is 0 Å². The molecule has 0 fully saturated rings. The summed E-state index contributed by atoms with van der Waals surface area (Å²) in [6, 6.07) is 5.39. The second-order valence-electron chi connectivity index (χ2n) is 2.95. The zero-order valence-electron chi connectivity index (χ0n) is 7.70. The molecule has 0 atom stereocenters. The van der Waals surface area contributed by atoms with Crippen LogP contribution in [-0.2, 0) is 16.5 Å². The Kier molecular flexibility index (Phi) is 4.18. The van der Waals surface area contributed by atoms with Crippen LogP contribution in [0, 0.1) is 11.3 Å². The predicted molar refractivity (Wildman–Crippen MR) is 62.4 cm³/mol. The van der Waals surface area contributed by atoms with Crippen LogP contribution in [-0.4, -0.2) is 11.1 Å². The monoisotopic (exact) mass is 285 g/mol. The minimum Gasteiger partial charge on any atom is -0.481 e. The molecule has 0 aliphatic heterocycles. The summed E-state index contributed by atoms with van der Waals surface area (Å²) in [5.41, 5.74) is 1.69. The Morgan fingerprint density at radius 1 is 1.53 bits per heavy atom. The molecule has 0 amide bonds. The standard InChI is InChI=1S/C10H8BrNO2S/c11-4-7-2-8(15)1-6(3-10(13)14)9(7)5-12/h1-2,15H,3-4H2,(H,13,14). The molecule has 0 heterocycles. The van der Waals surface area contributed by atoms with Gasteiger partial charge in [0.05, 0.1) is 18.1 Å². The summed E-state index contributed by atoms with van der Waals surface area (Å²) in [6.45, 7) is 0. The largest absolute Gasteiger partial charge is 0.481 e. The highest BCUT2D eigenvalue weighted by atomic mass is 79.9. The van der Waals surface area contributed by atoms with E-state index >= 15 is 0 Å². The number of benzene rings is 1. The quantitative estimate of drug-likeness (QED) is 0.662. The van der Waals surface area contributed by atoms with Crippen LogP contribution < -0.4 is 0 Å². The summed E-state index contributed by atoms with van der Waals surface area (Å²) in [7, 11) is 0. The van der Waals surface area contributed by atoms with Crippen molar-refractivity contribution in [3.05, 3.63) is 28.8 Å². The number of alkyl halides is 1. The summed E-state index contributed by atoms with van der Waals surface area (Å²) in [4.78, 5) is 11.3. The molecule has 15 heavy (non-hydrogen) atoms. The number of aliphatic carboxylic acids is 1. The summed E-state index contributed by atoms with van der Waals surface area (Å²) in [5.74, 6) is -0.953. The van der Waals surface area contributed by atoms with Gasteiger partial charge in [0, 0.05) is 10.2 Å². The van der Waals surface area contributed by atoms with E-state index < -0.39 is 5.97 Å². The molecule has 0 saturated carbocycles. The number of hydrogen-bond acceptors (Lipinski definition) is 3. The SMILES string of the molecule is N#Cc1c(CBr)cc(S)cc1CC(=O)O. The van der Waals surface area contributed by atoms with E-state index in [-0.39, 0.29) is 6.42 Å². The second kappa shape index (κ2) is 5.19. The molecule has 1 aromatic rings. The van der Waals surface area contributed by atoms with Crippen LogP contribution in [0.25, 0.3) is 0 Å². The Labute approximate surface area is 101 Å². The minimum absolute atomic E-state index is 0.155. The molecule has 0 bridgehead atoms. The lowest BCUT2D eigenvalue weighted by Crippen LogP contribution is -2.04. The highest BCUT2D eigenvalue weighted by Gasteiger charge is 2.11. The highest BCUT2D eigenvalue weighted by molar-refractivity contribution is 9.08. The fourth-order valence-corrected chi connectivity index (χ4v) is 2.05. The van der Waals surface area contributed by atoms with Gasteiger partial charge in [-0.3, -0.25) is 4.79 Å². The van der Waals surface area contributed by atoms with Crippen LogP contribution in [0.5, 0.6) is 0 Å². The summed E-state index contributed by atoms with van der Waals surface area (Å²) in [6.07, 6.45) is -0.155. The number of carboxylic acids is 1. The predicted octanol–water partition coefficient (Wildman–Crippen LogP) is 2.37. The number of hydrogen-bond donors (Lipinski definition) is 2. The lowest BCUT2D eigenvalue weighted by Gasteiger charge is -2.07. The van der Waals surface area contributed by atoms with E-state index in [9.17, 15) is 4.79 Å². The first-order chi connectivity index (χ1) is 7.08. The van der Waals surface area contributed by atoms with Gasteiger partial charge in [-0.2, -0.15) is 5.26 Å². The molecule has 0 spiro atoms. The molecule has 1 aromatic carbocycles. The third-order valence-corrected chi connectivity index (χ3v) is 2.75. The smallest absolute Gasteiger partial charge is 0.307 e. The van der Waals surface area contributed by atoms with Gasteiger partial charge in [0.1, 0.15) is 0 Å². The Hall–Kier alpha value is -0.990. The first-order valence-corrected chi connectivity index (χ1v) is 5.68. The molecule has 1 N–H and O–H groups in total. The zero-order valence-corrected chi connectivity index (χ0v) is 10.2. The van der Waals surface area contributed by atoms with Gasteiger partial charge in [-0.25, -0.2) is 0 Å². The Morgan fingerprint density at radius 2 is 2.13 bits per heavy atom. The number of thiol groups is 1. The molecule has 0 aliphatic carbocycles. The topological polar surface area (TPSA) is 61.1 Å². The summed E-state index contributed by atoms with van der Waals surface area (Å²) < 4.78 is 0. The normalized spacial score (nSPS) is 9.67. The average Bonchev–Trinajstić information content (AvgIpc) is 2.15. The van der Waals surface area contributed by atoms with Gasteiger partial charge in [0.15, 0.2) is 0 Å². The van der Waals surface area contributed by atoms with Crippen molar-refractivity contribution in [1.29, 1.82) is 5.26 Å². The number of nitriles is 1. The van der Waals surface area contributed by atoms with Crippen LogP contribution in [0.2, 0.25) is 0 Å². The first kappa shape index (κ1) is 12.1. The average molecular weight is 286 g/mol. The van der Waals surface area contributed by atoms with Crippen molar-refractivity contribution in [1.82, 2.24) is 0 Å². The number of carboxylic acid groups (broad SMARTS) is 1. The number of halogens is 1. The molecule has 78 valence electrons. The summed E-state index contributed by atoms with van der Waals surface area (Å²) in [5, 5.41) is 18.2. The van der Waals surface area contributed by atoms with Crippen molar-refractivity contribution in [2.75, 3.05) is 0 Å². The van der Waals surface area contributed by atoms with Gasteiger partial charge in [-0.1, -0.05) is 15.9 Å². The van der Waals surface area contributed by atoms with Crippen LogP contribution >= 0.6 is 28.6 Å². The van der Waals surface area contributed by atoms with Crippen molar-refractivity contribution in [2.24, 2.45) is 0 Å². The van der Waals surface area contributed by atoms with E-state index in [2.05, 4.69) is 28.6 Å². The van der Waals surface area contributed by atoms with Crippen molar-refractivity contribution in [3.63, 3.8) is 0 Å². The van der Waals surface area contributed by atoms with Crippen molar-refractivity contribution < 1.29 is 9.90 Å². The maximum atomic E-state index is 10.6. The fraction of sp³-hybridized carbons (Fsp3) is 0.200. The van der Waals surface area contributed by atoms with Crippen LogP contribution in [0.1, 0.15) is 16.7 Å². The summed E-state index contributed by atoms with van der Waals surface area (Å²) >= 11 is 7.41. The molecule has 0 radical (unpaired) electrons. The van der Waals surface area contributed by atoms with Crippen molar-refractivity contribution >= 4 is 34.5 Å². The lowest BCUT2D eigenvalue weighted by atomic mass is 10.0. The van der Waals surface area contributed by atoms with Gasteiger partial charge < -0.3 is 5.11 Å².